The van der Waals surface area contributed by atoms with Crippen LogP contribution in [0.25, 0.3) is 0 Å². The van der Waals surface area contributed by atoms with Crippen LogP contribution in [0.15, 0.2) is 12.1 Å². The van der Waals surface area contributed by atoms with Gasteiger partial charge in [-0.1, -0.05) is 26.7 Å². The molecule has 0 aliphatic carbocycles. The summed E-state index contributed by atoms with van der Waals surface area (Å²) in [6.45, 7) is 5.64. The minimum Gasteiger partial charge on any atom is -0.477 e. The van der Waals surface area contributed by atoms with Gasteiger partial charge in [0, 0.05) is 12.1 Å². The summed E-state index contributed by atoms with van der Waals surface area (Å²) in [4.78, 5) is 0. The van der Waals surface area contributed by atoms with E-state index in [0.29, 0.717) is 25.0 Å². The molecule has 0 saturated carbocycles. The summed E-state index contributed by atoms with van der Waals surface area (Å²) in [6.07, 6.45) is 4.31. The Kier molecular flexibility index (Phi) is 9.53. The lowest BCUT2D eigenvalue weighted by molar-refractivity contribution is 0.277. The van der Waals surface area contributed by atoms with Gasteiger partial charge in [0.2, 0.25) is 11.8 Å². The Morgan fingerprint density at radius 3 is 1.59 bits per heavy atom. The zero-order valence-corrected chi connectivity index (χ0v) is 11.3. The van der Waals surface area contributed by atoms with Gasteiger partial charge in [-0.05, 0) is 12.8 Å². The molecule has 1 aromatic rings. The minimum atomic E-state index is 0. The fourth-order valence-electron chi connectivity index (χ4n) is 1.10. The Morgan fingerprint density at radius 2 is 1.29 bits per heavy atom. The molecule has 5 heteroatoms. The standard InChI is InChI=1S/C12H20N2O2.ClH/c1-3-5-9-15-11-7-8-12(14-13-11)16-10-6-4-2;/h7-8H,3-6,9-10H2,1-2H3;1H. The van der Waals surface area contributed by atoms with E-state index in [4.69, 9.17) is 9.47 Å². The second-order valence-electron chi connectivity index (χ2n) is 3.61. The summed E-state index contributed by atoms with van der Waals surface area (Å²) in [5.74, 6) is 1.13. The number of aromatic nitrogens is 2. The first kappa shape index (κ1) is 16.0. The molecule has 0 aliphatic heterocycles. The summed E-state index contributed by atoms with van der Waals surface area (Å²) >= 11 is 0. The van der Waals surface area contributed by atoms with Gasteiger partial charge in [0.25, 0.3) is 0 Å². The lowest BCUT2D eigenvalue weighted by Crippen LogP contribution is -2.02. The van der Waals surface area contributed by atoms with E-state index in [1.165, 1.54) is 0 Å². The zero-order valence-electron chi connectivity index (χ0n) is 10.5. The Morgan fingerprint density at radius 1 is 0.882 bits per heavy atom. The molecule has 0 aliphatic rings. The first-order valence-electron chi connectivity index (χ1n) is 5.96. The molecule has 0 unspecified atom stereocenters. The number of ether oxygens (including phenoxy) is 2. The normalized spacial score (nSPS) is 9.53. The average molecular weight is 261 g/mol. The lowest BCUT2D eigenvalue weighted by Gasteiger charge is -2.05. The summed E-state index contributed by atoms with van der Waals surface area (Å²) in [7, 11) is 0. The van der Waals surface area contributed by atoms with Crippen molar-refractivity contribution in [1.82, 2.24) is 10.2 Å². The molecule has 4 nitrogen and oxygen atoms in total. The zero-order chi connectivity index (χ0) is 11.6. The van der Waals surface area contributed by atoms with Crippen LogP contribution in [0.1, 0.15) is 39.5 Å². The molecule has 1 rings (SSSR count). The van der Waals surface area contributed by atoms with E-state index >= 15 is 0 Å². The van der Waals surface area contributed by atoms with Crippen molar-refractivity contribution in [2.75, 3.05) is 13.2 Å². The molecular formula is C12H21ClN2O2. The fraction of sp³-hybridized carbons (Fsp3) is 0.667. The minimum absolute atomic E-state index is 0. The van der Waals surface area contributed by atoms with Crippen molar-refractivity contribution >= 4 is 12.4 Å². The number of hydrogen-bond acceptors (Lipinski definition) is 4. The second-order valence-corrected chi connectivity index (χ2v) is 3.61. The van der Waals surface area contributed by atoms with Crippen molar-refractivity contribution in [3.63, 3.8) is 0 Å². The van der Waals surface area contributed by atoms with Crippen molar-refractivity contribution in [2.24, 2.45) is 0 Å². The molecule has 0 bridgehead atoms. The van der Waals surface area contributed by atoms with Crippen LogP contribution in [0, 0.1) is 0 Å². The maximum Gasteiger partial charge on any atom is 0.233 e. The van der Waals surface area contributed by atoms with Crippen LogP contribution >= 0.6 is 12.4 Å². The highest BCUT2D eigenvalue weighted by molar-refractivity contribution is 5.85. The molecule has 0 N–H and O–H groups in total. The van der Waals surface area contributed by atoms with Crippen LogP contribution in [0.2, 0.25) is 0 Å². The molecule has 0 radical (unpaired) electrons. The van der Waals surface area contributed by atoms with E-state index in [1.807, 2.05) is 0 Å². The third kappa shape index (κ3) is 7.00. The van der Waals surface area contributed by atoms with Gasteiger partial charge in [-0.25, -0.2) is 0 Å². The molecule has 1 aromatic heterocycles. The smallest absolute Gasteiger partial charge is 0.233 e. The lowest BCUT2D eigenvalue weighted by atomic mass is 10.4. The van der Waals surface area contributed by atoms with E-state index in [9.17, 15) is 0 Å². The average Bonchev–Trinajstić information content (AvgIpc) is 2.32. The number of unbranched alkanes of at least 4 members (excludes halogenated alkanes) is 2. The number of hydrogen-bond donors (Lipinski definition) is 0. The first-order chi connectivity index (χ1) is 7.86. The van der Waals surface area contributed by atoms with E-state index in [-0.39, 0.29) is 12.4 Å². The summed E-state index contributed by atoms with van der Waals surface area (Å²) in [6, 6.07) is 3.59. The molecule has 0 saturated heterocycles. The molecule has 0 fully saturated rings. The van der Waals surface area contributed by atoms with Gasteiger partial charge in [0.15, 0.2) is 0 Å². The monoisotopic (exact) mass is 260 g/mol. The van der Waals surface area contributed by atoms with Crippen LogP contribution in [0.5, 0.6) is 11.8 Å². The van der Waals surface area contributed by atoms with Crippen LogP contribution in [-0.2, 0) is 0 Å². The summed E-state index contributed by atoms with van der Waals surface area (Å²) in [5, 5.41) is 7.86. The third-order valence-corrected chi connectivity index (χ3v) is 2.11. The quantitative estimate of drug-likeness (QED) is 0.673. The summed E-state index contributed by atoms with van der Waals surface area (Å²) in [5.41, 5.74) is 0. The molecule has 0 spiro atoms. The molecule has 0 amide bonds. The maximum absolute atomic E-state index is 5.40. The number of nitrogens with zero attached hydrogens (tertiary/aromatic N) is 2. The number of rotatable bonds is 8. The van der Waals surface area contributed by atoms with Crippen LogP contribution in [0.4, 0.5) is 0 Å². The Labute approximate surface area is 109 Å². The predicted octanol–water partition coefficient (Wildman–Crippen LogP) is 3.26. The van der Waals surface area contributed by atoms with Crippen molar-refractivity contribution in [1.29, 1.82) is 0 Å². The fourth-order valence-corrected chi connectivity index (χ4v) is 1.10. The van der Waals surface area contributed by atoms with E-state index in [0.717, 1.165) is 25.7 Å². The molecule has 0 atom stereocenters. The Hall–Kier alpha value is -1.03. The number of halogens is 1. The van der Waals surface area contributed by atoms with Gasteiger partial charge < -0.3 is 9.47 Å². The molecule has 17 heavy (non-hydrogen) atoms. The van der Waals surface area contributed by atoms with Gasteiger partial charge in [-0.2, -0.15) is 0 Å². The van der Waals surface area contributed by atoms with Crippen LogP contribution < -0.4 is 9.47 Å². The van der Waals surface area contributed by atoms with Crippen LogP contribution in [0.3, 0.4) is 0 Å². The topological polar surface area (TPSA) is 44.2 Å². The van der Waals surface area contributed by atoms with Gasteiger partial charge in [0.1, 0.15) is 0 Å². The SMILES string of the molecule is CCCCOc1ccc(OCCCC)nn1.Cl. The molecule has 1 heterocycles. The molecule has 0 aromatic carbocycles. The maximum atomic E-state index is 5.40. The van der Waals surface area contributed by atoms with Crippen molar-refractivity contribution in [3.05, 3.63) is 12.1 Å². The third-order valence-electron chi connectivity index (χ3n) is 2.11. The highest BCUT2D eigenvalue weighted by atomic mass is 35.5. The van der Waals surface area contributed by atoms with Gasteiger partial charge >= 0.3 is 0 Å². The Bertz CT molecular complexity index is 251. The van der Waals surface area contributed by atoms with E-state index in [1.54, 1.807) is 12.1 Å². The van der Waals surface area contributed by atoms with Crippen LogP contribution in [-0.4, -0.2) is 23.4 Å². The van der Waals surface area contributed by atoms with E-state index < -0.39 is 0 Å². The van der Waals surface area contributed by atoms with Gasteiger partial charge in [-0.15, -0.1) is 22.6 Å². The van der Waals surface area contributed by atoms with Crippen molar-refractivity contribution < 1.29 is 9.47 Å². The molecular weight excluding hydrogens is 240 g/mol. The first-order valence-corrected chi connectivity index (χ1v) is 5.96. The van der Waals surface area contributed by atoms with Gasteiger partial charge in [0.05, 0.1) is 13.2 Å². The van der Waals surface area contributed by atoms with Crippen molar-refractivity contribution in [3.8, 4) is 11.8 Å². The highest BCUT2D eigenvalue weighted by Gasteiger charge is 1.98. The van der Waals surface area contributed by atoms with Crippen molar-refractivity contribution in [2.45, 2.75) is 39.5 Å². The predicted molar refractivity (Wildman–Crippen MR) is 70.1 cm³/mol. The summed E-state index contributed by atoms with van der Waals surface area (Å²) < 4.78 is 10.8. The van der Waals surface area contributed by atoms with Gasteiger partial charge in [-0.3, -0.25) is 0 Å². The van der Waals surface area contributed by atoms with E-state index in [2.05, 4.69) is 24.0 Å². The molecule has 98 valence electrons. The second kappa shape index (κ2) is 10.1. The highest BCUT2D eigenvalue weighted by Crippen LogP contribution is 2.10. The largest absolute Gasteiger partial charge is 0.477 e. The Balaban J connectivity index is 0.00000256.